The summed E-state index contributed by atoms with van der Waals surface area (Å²) in [6.45, 7) is 9.33. The molecule has 0 bridgehead atoms. The molecule has 34 heavy (non-hydrogen) atoms. The molecule has 11 heteroatoms. The molecule has 0 radical (unpaired) electrons. The fourth-order valence-corrected chi connectivity index (χ4v) is 4.77. The van der Waals surface area contributed by atoms with Crippen molar-refractivity contribution in [1.29, 1.82) is 5.26 Å². The molecule has 2 fully saturated rings. The molecule has 1 amide bonds. The molecular formula is C23H28N8O3. The predicted molar refractivity (Wildman–Crippen MR) is 124 cm³/mol. The van der Waals surface area contributed by atoms with Gasteiger partial charge in [-0.3, -0.25) is 9.48 Å². The number of hydrogen-bond donors (Lipinski definition) is 1. The van der Waals surface area contributed by atoms with E-state index < -0.39 is 5.54 Å². The first kappa shape index (κ1) is 22.2. The van der Waals surface area contributed by atoms with Crippen molar-refractivity contribution in [3.05, 3.63) is 24.2 Å². The van der Waals surface area contributed by atoms with Gasteiger partial charge in [0, 0.05) is 31.5 Å². The number of hydrogen-bond acceptors (Lipinski definition) is 8. The number of aromatic nitrogens is 5. The molecule has 3 aromatic rings. The second-order valence-corrected chi connectivity index (χ2v) is 9.60. The van der Waals surface area contributed by atoms with Crippen LogP contribution >= 0.6 is 0 Å². The van der Waals surface area contributed by atoms with E-state index in [1.165, 1.54) is 0 Å². The molecule has 0 spiro atoms. The lowest BCUT2D eigenvalue weighted by molar-refractivity contribution is -0.158. The maximum absolute atomic E-state index is 11.8. The molecule has 0 aromatic carbocycles. The fraction of sp³-hybridized carbons (Fsp3) is 0.522. The Bertz CT molecular complexity index is 1300. The first-order valence-corrected chi connectivity index (χ1v) is 11.3. The summed E-state index contributed by atoms with van der Waals surface area (Å²) >= 11 is 0. The van der Waals surface area contributed by atoms with E-state index in [0.717, 1.165) is 5.39 Å². The molecule has 5 rings (SSSR count). The zero-order valence-corrected chi connectivity index (χ0v) is 19.9. The van der Waals surface area contributed by atoms with Crippen molar-refractivity contribution < 1.29 is 14.3 Å². The predicted octanol–water partition coefficient (Wildman–Crippen LogP) is 2.38. The van der Waals surface area contributed by atoms with Crippen molar-refractivity contribution in [3.63, 3.8) is 0 Å². The third kappa shape index (κ3) is 3.54. The number of aryl methyl sites for hydroxylation is 1. The van der Waals surface area contributed by atoms with E-state index in [1.54, 1.807) is 28.9 Å². The molecule has 2 aliphatic rings. The van der Waals surface area contributed by atoms with E-state index in [2.05, 4.69) is 28.4 Å². The Kier molecular flexibility index (Phi) is 5.20. The van der Waals surface area contributed by atoms with E-state index in [0.29, 0.717) is 48.6 Å². The maximum Gasteiger partial charge on any atom is 0.257 e. The second kappa shape index (κ2) is 7.99. The number of amides is 1. The summed E-state index contributed by atoms with van der Waals surface area (Å²) in [5.74, 6) is 1.08. The molecule has 11 nitrogen and oxygen atoms in total. The number of rotatable bonds is 5. The van der Waals surface area contributed by atoms with Crippen molar-refractivity contribution in [2.75, 3.05) is 25.1 Å². The molecule has 2 aliphatic heterocycles. The standard InChI is InChI=1S/C23H28N8O3/c1-13-11-33-12-18(13)31-16(7-24)6-15-8-25-22(27-20(15)31)26-17-9-29(5)28-21(17)34-19-10-30(14(2)32)23(19,3)4/h6,8-9,13,18-19H,10-12H2,1-5H3,(H,25,26,27)/t13-,18-,19?/m0/s1. The van der Waals surface area contributed by atoms with Gasteiger partial charge in [-0.2, -0.15) is 10.2 Å². The van der Waals surface area contributed by atoms with Gasteiger partial charge in [0.05, 0.1) is 37.5 Å². The molecule has 0 aliphatic carbocycles. The van der Waals surface area contributed by atoms with Crippen LogP contribution in [0.2, 0.25) is 0 Å². The Balaban J connectivity index is 1.43. The Labute approximate surface area is 197 Å². The van der Waals surface area contributed by atoms with Gasteiger partial charge >= 0.3 is 0 Å². The first-order valence-electron chi connectivity index (χ1n) is 11.3. The molecule has 178 valence electrons. The monoisotopic (exact) mass is 464 g/mol. The summed E-state index contributed by atoms with van der Waals surface area (Å²) < 4.78 is 15.4. The topological polar surface area (TPSA) is 123 Å². The third-order valence-corrected chi connectivity index (χ3v) is 6.86. The third-order valence-electron chi connectivity index (χ3n) is 6.86. The summed E-state index contributed by atoms with van der Waals surface area (Å²) in [6.07, 6.45) is 3.32. The van der Waals surface area contributed by atoms with Crippen LogP contribution in [0, 0.1) is 17.2 Å². The molecule has 3 atom stereocenters. The van der Waals surface area contributed by atoms with Crippen LogP contribution in [-0.2, 0) is 16.6 Å². The number of likely N-dealkylation sites (tertiary alicyclic amines) is 1. The highest BCUT2D eigenvalue weighted by molar-refractivity contribution is 5.79. The van der Waals surface area contributed by atoms with Crippen molar-refractivity contribution in [1.82, 2.24) is 29.2 Å². The average Bonchev–Trinajstić information content (AvgIpc) is 3.46. The zero-order chi connectivity index (χ0) is 24.2. The molecular weight excluding hydrogens is 436 g/mol. The van der Waals surface area contributed by atoms with Gasteiger partial charge in [-0.15, -0.1) is 5.10 Å². The molecule has 1 N–H and O–H groups in total. The Morgan fingerprint density at radius 1 is 1.38 bits per heavy atom. The number of nitrogens with one attached hydrogen (secondary N) is 1. The zero-order valence-electron chi connectivity index (χ0n) is 19.9. The minimum absolute atomic E-state index is 0.0210. The number of ether oxygens (including phenoxy) is 2. The van der Waals surface area contributed by atoms with Gasteiger partial charge in [0.15, 0.2) is 0 Å². The van der Waals surface area contributed by atoms with Crippen molar-refractivity contribution in [3.8, 4) is 11.9 Å². The van der Waals surface area contributed by atoms with Crippen LogP contribution in [0.25, 0.3) is 11.0 Å². The number of carbonyl (C=O) groups excluding carboxylic acids is 1. The van der Waals surface area contributed by atoms with Gasteiger partial charge in [0.2, 0.25) is 11.9 Å². The van der Waals surface area contributed by atoms with Crippen LogP contribution < -0.4 is 10.1 Å². The van der Waals surface area contributed by atoms with Crippen LogP contribution in [0.5, 0.6) is 5.88 Å². The largest absolute Gasteiger partial charge is 0.467 e. The number of nitriles is 1. The van der Waals surface area contributed by atoms with E-state index >= 15 is 0 Å². The Morgan fingerprint density at radius 2 is 2.18 bits per heavy atom. The van der Waals surface area contributed by atoms with Gasteiger partial charge < -0.3 is 24.3 Å². The lowest BCUT2D eigenvalue weighted by atomic mass is 9.85. The summed E-state index contributed by atoms with van der Waals surface area (Å²) in [7, 11) is 1.81. The number of carbonyl (C=O) groups is 1. The van der Waals surface area contributed by atoms with Crippen molar-refractivity contribution in [2.24, 2.45) is 13.0 Å². The Morgan fingerprint density at radius 3 is 2.82 bits per heavy atom. The highest BCUT2D eigenvalue weighted by Gasteiger charge is 2.50. The Hall–Kier alpha value is -3.65. The smallest absolute Gasteiger partial charge is 0.257 e. The minimum atomic E-state index is -0.426. The van der Waals surface area contributed by atoms with E-state index in [1.807, 2.05) is 31.5 Å². The van der Waals surface area contributed by atoms with Crippen molar-refractivity contribution in [2.45, 2.75) is 45.4 Å². The summed E-state index contributed by atoms with van der Waals surface area (Å²) in [5.41, 5.74) is 1.41. The molecule has 2 saturated heterocycles. The summed E-state index contributed by atoms with van der Waals surface area (Å²) in [4.78, 5) is 22.8. The van der Waals surface area contributed by atoms with Gasteiger partial charge in [-0.05, 0) is 19.9 Å². The molecule has 0 saturated carbocycles. The molecule has 3 aromatic heterocycles. The quantitative estimate of drug-likeness (QED) is 0.611. The average molecular weight is 465 g/mol. The molecule has 5 heterocycles. The van der Waals surface area contributed by atoms with Crippen LogP contribution in [0.4, 0.5) is 11.6 Å². The lowest BCUT2D eigenvalue weighted by Gasteiger charge is -2.53. The van der Waals surface area contributed by atoms with Crippen LogP contribution in [0.1, 0.15) is 39.4 Å². The normalized spacial score (nSPS) is 23.5. The highest BCUT2D eigenvalue weighted by atomic mass is 16.5. The van der Waals surface area contributed by atoms with Crippen LogP contribution in [0.15, 0.2) is 18.5 Å². The lowest BCUT2D eigenvalue weighted by Crippen LogP contribution is -2.70. The van der Waals surface area contributed by atoms with E-state index in [-0.39, 0.29) is 24.0 Å². The first-order chi connectivity index (χ1) is 16.2. The van der Waals surface area contributed by atoms with Crippen LogP contribution in [0.3, 0.4) is 0 Å². The maximum atomic E-state index is 11.8. The summed E-state index contributed by atoms with van der Waals surface area (Å²) in [6, 6.07) is 4.12. The van der Waals surface area contributed by atoms with E-state index in [9.17, 15) is 10.1 Å². The fourth-order valence-electron chi connectivity index (χ4n) is 4.77. The minimum Gasteiger partial charge on any atom is -0.467 e. The molecule has 1 unspecified atom stereocenters. The highest BCUT2D eigenvalue weighted by Crippen LogP contribution is 2.36. The number of fused-ring (bicyclic) bond motifs is 1. The summed E-state index contributed by atoms with van der Waals surface area (Å²) in [5, 5.41) is 18.1. The van der Waals surface area contributed by atoms with Gasteiger partial charge in [0.25, 0.3) is 5.88 Å². The van der Waals surface area contributed by atoms with E-state index in [4.69, 9.17) is 14.5 Å². The van der Waals surface area contributed by atoms with Crippen LogP contribution in [-0.4, -0.2) is 66.5 Å². The number of anilines is 2. The number of nitrogens with zero attached hydrogens (tertiary/aromatic N) is 7. The second-order valence-electron chi connectivity index (χ2n) is 9.60. The van der Waals surface area contributed by atoms with Gasteiger partial charge in [0.1, 0.15) is 29.2 Å². The van der Waals surface area contributed by atoms with Gasteiger partial charge in [-0.1, -0.05) is 6.92 Å². The SMILES string of the molecule is CC(=O)N1CC(Oc2nn(C)cc2Nc2ncc3cc(C#N)n([C@H]4COC[C@@H]4C)c3n2)C1(C)C. The van der Waals surface area contributed by atoms with Gasteiger partial charge in [-0.25, -0.2) is 4.98 Å². The van der Waals surface area contributed by atoms with Crippen molar-refractivity contribution >= 4 is 28.6 Å².